The van der Waals surface area contributed by atoms with Crippen molar-refractivity contribution in [3.8, 4) is 0 Å². The molecule has 1 aromatic rings. The molecular weight excluding hydrogens is 338 g/mol. The van der Waals surface area contributed by atoms with Gasteiger partial charge in [0.1, 0.15) is 0 Å². The third-order valence-corrected chi connectivity index (χ3v) is 7.63. The number of sulfonamides is 1. The standard InChI is InChI=1S/C18H27N3O3S/c1-20(13-15-8-10-19-11-9-15)25(23,24)17-7-4-12-21(14-17)18(22)16-5-2-3-6-16/h8-11,16-17H,2-7,12-14H2,1H3. The fraction of sp³-hybridized carbons (Fsp3) is 0.667. The summed E-state index contributed by atoms with van der Waals surface area (Å²) in [7, 11) is -1.81. The van der Waals surface area contributed by atoms with Crippen LogP contribution in [0.3, 0.4) is 0 Å². The third kappa shape index (κ3) is 4.20. The van der Waals surface area contributed by atoms with E-state index in [0.717, 1.165) is 37.7 Å². The number of hydrogen-bond donors (Lipinski definition) is 0. The molecule has 0 spiro atoms. The lowest BCUT2D eigenvalue weighted by atomic mass is 10.0. The summed E-state index contributed by atoms with van der Waals surface area (Å²) in [6.45, 7) is 1.35. The van der Waals surface area contributed by atoms with Crippen LogP contribution in [-0.4, -0.2) is 53.9 Å². The van der Waals surface area contributed by atoms with Gasteiger partial charge in [0.05, 0.1) is 5.25 Å². The van der Waals surface area contributed by atoms with E-state index >= 15 is 0 Å². The van der Waals surface area contributed by atoms with Crippen LogP contribution < -0.4 is 0 Å². The Labute approximate surface area is 150 Å². The maximum Gasteiger partial charge on any atom is 0.225 e. The Kier molecular flexibility index (Phi) is 5.74. The molecule has 1 unspecified atom stereocenters. The third-order valence-electron chi connectivity index (χ3n) is 5.40. The maximum absolute atomic E-state index is 13.0. The summed E-state index contributed by atoms with van der Waals surface area (Å²) in [6.07, 6.45) is 8.84. The van der Waals surface area contributed by atoms with Crippen molar-refractivity contribution in [2.45, 2.75) is 50.3 Å². The topological polar surface area (TPSA) is 70.6 Å². The quantitative estimate of drug-likeness (QED) is 0.800. The Balaban J connectivity index is 1.65. The fourth-order valence-corrected chi connectivity index (χ4v) is 5.57. The summed E-state index contributed by atoms with van der Waals surface area (Å²) < 4.78 is 27.3. The molecule has 1 aliphatic heterocycles. The van der Waals surface area contributed by atoms with Gasteiger partial charge in [0.25, 0.3) is 0 Å². The number of piperidine rings is 1. The van der Waals surface area contributed by atoms with Gasteiger partial charge in [-0.05, 0) is 43.4 Å². The minimum atomic E-state index is -3.43. The second-order valence-electron chi connectivity index (χ2n) is 7.19. The first-order valence-corrected chi connectivity index (χ1v) is 10.6. The summed E-state index contributed by atoms with van der Waals surface area (Å²) in [4.78, 5) is 18.4. The normalized spacial score (nSPS) is 22.5. The molecule has 0 N–H and O–H groups in total. The van der Waals surface area contributed by atoms with E-state index in [-0.39, 0.29) is 11.8 Å². The smallest absolute Gasteiger partial charge is 0.225 e. The molecule has 1 aromatic heterocycles. The Morgan fingerprint density at radius 2 is 1.88 bits per heavy atom. The van der Waals surface area contributed by atoms with E-state index in [2.05, 4.69) is 4.98 Å². The molecule has 1 atom stereocenters. The van der Waals surface area contributed by atoms with Crippen molar-refractivity contribution in [2.75, 3.05) is 20.1 Å². The molecule has 3 rings (SSSR count). The summed E-state index contributed by atoms with van der Waals surface area (Å²) in [5.74, 6) is 0.269. The lowest BCUT2D eigenvalue weighted by Crippen LogP contribution is -2.49. The monoisotopic (exact) mass is 365 g/mol. The van der Waals surface area contributed by atoms with Crippen molar-refractivity contribution in [3.63, 3.8) is 0 Å². The van der Waals surface area contributed by atoms with E-state index < -0.39 is 15.3 Å². The first kappa shape index (κ1) is 18.3. The number of hydrogen-bond acceptors (Lipinski definition) is 4. The maximum atomic E-state index is 13.0. The van der Waals surface area contributed by atoms with Crippen LogP contribution in [0.1, 0.15) is 44.1 Å². The second kappa shape index (κ2) is 7.83. The number of rotatable bonds is 5. The van der Waals surface area contributed by atoms with E-state index in [0.29, 0.717) is 26.1 Å². The molecular formula is C18H27N3O3S. The van der Waals surface area contributed by atoms with Crippen LogP contribution in [0.5, 0.6) is 0 Å². The van der Waals surface area contributed by atoms with Crippen LogP contribution in [0.25, 0.3) is 0 Å². The number of amides is 1. The molecule has 0 bridgehead atoms. The number of carbonyl (C=O) groups is 1. The van der Waals surface area contributed by atoms with Crippen molar-refractivity contribution >= 4 is 15.9 Å². The zero-order valence-corrected chi connectivity index (χ0v) is 15.6. The lowest BCUT2D eigenvalue weighted by molar-refractivity contribution is -0.136. The molecule has 1 saturated heterocycles. The summed E-state index contributed by atoms with van der Waals surface area (Å²) >= 11 is 0. The molecule has 138 valence electrons. The average Bonchev–Trinajstić information content (AvgIpc) is 3.16. The number of aromatic nitrogens is 1. The number of nitrogens with zero attached hydrogens (tertiary/aromatic N) is 3. The Bertz CT molecular complexity index is 687. The SMILES string of the molecule is CN(Cc1ccncc1)S(=O)(=O)C1CCCN(C(=O)C2CCCC2)C1. The van der Waals surface area contributed by atoms with E-state index in [9.17, 15) is 13.2 Å². The van der Waals surface area contributed by atoms with Crippen molar-refractivity contribution in [3.05, 3.63) is 30.1 Å². The van der Waals surface area contributed by atoms with E-state index in [1.165, 1.54) is 4.31 Å². The van der Waals surface area contributed by atoms with E-state index in [1.807, 2.05) is 12.1 Å². The van der Waals surface area contributed by atoms with Gasteiger partial charge in [-0.15, -0.1) is 0 Å². The highest BCUT2D eigenvalue weighted by Crippen LogP contribution is 2.29. The highest BCUT2D eigenvalue weighted by molar-refractivity contribution is 7.89. The van der Waals surface area contributed by atoms with Gasteiger partial charge in [-0.3, -0.25) is 9.78 Å². The minimum Gasteiger partial charge on any atom is -0.341 e. The van der Waals surface area contributed by atoms with Crippen LogP contribution in [0.4, 0.5) is 0 Å². The fourth-order valence-electron chi connectivity index (χ4n) is 3.90. The molecule has 0 aromatic carbocycles. The molecule has 2 aliphatic rings. The van der Waals surface area contributed by atoms with Crippen LogP contribution >= 0.6 is 0 Å². The van der Waals surface area contributed by atoms with Gasteiger partial charge in [-0.25, -0.2) is 12.7 Å². The first-order chi connectivity index (χ1) is 12.0. The molecule has 6 nitrogen and oxygen atoms in total. The highest BCUT2D eigenvalue weighted by Gasteiger charge is 2.37. The number of pyridine rings is 1. The van der Waals surface area contributed by atoms with Gasteiger partial charge in [0, 0.05) is 45.0 Å². The predicted molar refractivity (Wildman–Crippen MR) is 96.2 cm³/mol. The van der Waals surface area contributed by atoms with Gasteiger partial charge < -0.3 is 4.90 Å². The van der Waals surface area contributed by atoms with Crippen molar-refractivity contribution in [1.29, 1.82) is 0 Å². The Morgan fingerprint density at radius 1 is 1.20 bits per heavy atom. The van der Waals surface area contributed by atoms with Crippen LogP contribution in [0.2, 0.25) is 0 Å². The van der Waals surface area contributed by atoms with Gasteiger partial charge in [-0.2, -0.15) is 0 Å². The Morgan fingerprint density at radius 3 is 2.56 bits per heavy atom. The zero-order chi connectivity index (χ0) is 17.9. The summed E-state index contributed by atoms with van der Waals surface area (Å²) in [5.41, 5.74) is 0.913. The van der Waals surface area contributed by atoms with Crippen LogP contribution in [0, 0.1) is 5.92 Å². The molecule has 1 saturated carbocycles. The van der Waals surface area contributed by atoms with E-state index in [1.54, 1.807) is 24.3 Å². The average molecular weight is 365 g/mol. The number of likely N-dealkylation sites (tertiary alicyclic amines) is 1. The molecule has 25 heavy (non-hydrogen) atoms. The molecule has 1 aliphatic carbocycles. The molecule has 7 heteroatoms. The molecule has 1 amide bonds. The van der Waals surface area contributed by atoms with Crippen LogP contribution in [0.15, 0.2) is 24.5 Å². The zero-order valence-electron chi connectivity index (χ0n) is 14.8. The molecule has 2 fully saturated rings. The van der Waals surface area contributed by atoms with Crippen LogP contribution in [-0.2, 0) is 21.4 Å². The van der Waals surface area contributed by atoms with Gasteiger partial charge in [0.2, 0.25) is 15.9 Å². The lowest BCUT2D eigenvalue weighted by Gasteiger charge is -2.35. The van der Waals surface area contributed by atoms with Gasteiger partial charge >= 0.3 is 0 Å². The molecule has 2 heterocycles. The second-order valence-corrected chi connectivity index (χ2v) is 9.51. The van der Waals surface area contributed by atoms with E-state index in [4.69, 9.17) is 0 Å². The van der Waals surface area contributed by atoms with Crippen molar-refractivity contribution < 1.29 is 13.2 Å². The summed E-state index contributed by atoms with van der Waals surface area (Å²) in [5, 5.41) is -0.501. The first-order valence-electron chi connectivity index (χ1n) is 9.11. The summed E-state index contributed by atoms with van der Waals surface area (Å²) in [6, 6.07) is 3.64. The number of carbonyl (C=O) groups excluding carboxylic acids is 1. The van der Waals surface area contributed by atoms with Gasteiger partial charge in [-0.1, -0.05) is 12.8 Å². The largest absolute Gasteiger partial charge is 0.341 e. The minimum absolute atomic E-state index is 0.107. The van der Waals surface area contributed by atoms with Gasteiger partial charge in [0.15, 0.2) is 0 Å². The predicted octanol–water partition coefficient (Wildman–Crippen LogP) is 2.02. The molecule has 0 radical (unpaired) electrons. The van der Waals surface area contributed by atoms with Crippen molar-refractivity contribution in [2.24, 2.45) is 5.92 Å². The highest BCUT2D eigenvalue weighted by atomic mass is 32.2. The van der Waals surface area contributed by atoms with Crippen molar-refractivity contribution in [1.82, 2.24) is 14.2 Å². The Hall–Kier alpha value is -1.47.